The zero-order valence-electron chi connectivity index (χ0n) is 10.2. The summed E-state index contributed by atoms with van der Waals surface area (Å²) in [5.41, 5.74) is -1.02. The van der Waals surface area contributed by atoms with Crippen LogP contribution in [0.2, 0.25) is 0 Å². The van der Waals surface area contributed by atoms with Crippen molar-refractivity contribution in [3.05, 3.63) is 35.4 Å². The van der Waals surface area contributed by atoms with Crippen molar-refractivity contribution in [1.29, 1.82) is 0 Å². The Labute approximate surface area is 108 Å². The minimum Gasteiger partial charge on any atom is -0.394 e. The minimum atomic E-state index is -4.50. The quantitative estimate of drug-likeness (QED) is 0.856. The first kappa shape index (κ1) is 15.5. The van der Waals surface area contributed by atoms with Gasteiger partial charge in [-0.1, -0.05) is 6.07 Å². The zero-order valence-corrected chi connectivity index (χ0v) is 10.2. The molecule has 1 rings (SSSR count). The fraction of sp³-hybridized carbons (Fsp3) is 0.417. The Morgan fingerprint density at radius 3 is 2.68 bits per heavy atom. The second-order valence-electron chi connectivity index (χ2n) is 3.89. The predicted molar refractivity (Wildman–Crippen MR) is 61.7 cm³/mol. The Balaban J connectivity index is 2.82. The number of ether oxygens (including phenoxy) is 1. The van der Waals surface area contributed by atoms with E-state index in [0.717, 1.165) is 18.2 Å². The van der Waals surface area contributed by atoms with E-state index in [-0.39, 0.29) is 18.8 Å². The van der Waals surface area contributed by atoms with Gasteiger partial charge >= 0.3 is 6.18 Å². The van der Waals surface area contributed by atoms with Crippen LogP contribution in [0.4, 0.5) is 13.2 Å². The van der Waals surface area contributed by atoms with Gasteiger partial charge in [0.15, 0.2) is 0 Å². The van der Waals surface area contributed by atoms with E-state index >= 15 is 0 Å². The number of hydrogen-bond donors (Lipinski definition) is 2. The molecule has 1 atom stereocenters. The van der Waals surface area contributed by atoms with Gasteiger partial charge in [-0.2, -0.15) is 13.2 Å². The Morgan fingerprint density at radius 2 is 2.16 bits per heavy atom. The van der Waals surface area contributed by atoms with Crippen LogP contribution in [0.5, 0.6) is 0 Å². The molecule has 0 heterocycles. The van der Waals surface area contributed by atoms with Crippen LogP contribution in [0.15, 0.2) is 24.3 Å². The van der Waals surface area contributed by atoms with Gasteiger partial charge in [-0.25, -0.2) is 0 Å². The van der Waals surface area contributed by atoms with Gasteiger partial charge in [0.1, 0.15) is 0 Å². The largest absolute Gasteiger partial charge is 0.416 e. The first-order valence-electron chi connectivity index (χ1n) is 5.46. The van der Waals surface area contributed by atoms with Crippen molar-refractivity contribution in [1.82, 2.24) is 5.32 Å². The van der Waals surface area contributed by atoms with Crippen molar-refractivity contribution in [2.24, 2.45) is 0 Å². The molecule has 0 saturated carbocycles. The Hall–Kier alpha value is -1.60. The molecule has 1 aromatic carbocycles. The summed E-state index contributed by atoms with van der Waals surface area (Å²) < 4.78 is 42.2. The maximum absolute atomic E-state index is 12.5. The van der Waals surface area contributed by atoms with E-state index in [1.165, 1.54) is 13.2 Å². The van der Waals surface area contributed by atoms with Gasteiger partial charge in [0.25, 0.3) is 5.91 Å². The third kappa shape index (κ3) is 4.53. The Morgan fingerprint density at radius 1 is 1.47 bits per heavy atom. The number of aliphatic hydroxyl groups excluding tert-OH is 1. The van der Waals surface area contributed by atoms with Crippen LogP contribution in [-0.4, -0.2) is 37.4 Å². The smallest absolute Gasteiger partial charge is 0.394 e. The molecule has 0 spiro atoms. The third-order valence-corrected chi connectivity index (χ3v) is 2.38. The van der Waals surface area contributed by atoms with Crippen molar-refractivity contribution in [3.8, 4) is 0 Å². The lowest BCUT2D eigenvalue weighted by molar-refractivity contribution is -0.137. The van der Waals surface area contributed by atoms with Gasteiger partial charge in [-0.05, 0) is 18.2 Å². The third-order valence-electron chi connectivity index (χ3n) is 2.38. The van der Waals surface area contributed by atoms with Crippen LogP contribution in [0.1, 0.15) is 15.9 Å². The molecule has 0 aliphatic carbocycles. The number of alkyl halides is 3. The summed E-state index contributed by atoms with van der Waals surface area (Å²) in [4.78, 5) is 11.7. The van der Waals surface area contributed by atoms with Crippen LogP contribution >= 0.6 is 0 Å². The van der Waals surface area contributed by atoms with Crippen LogP contribution in [-0.2, 0) is 10.9 Å². The lowest BCUT2D eigenvalue weighted by atomic mass is 10.1. The van der Waals surface area contributed by atoms with Gasteiger partial charge < -0.3 is 15.2 Å². The Bertz CT molecular complexity index is 434. The molecule has 0 radical (unpaired) electrons. The number of nitrogens with one attached hydrogen (secondary N) is 1. The molecule has 0 fully saturated rings. The number of amides is 1. The summed E-state index contributed by atoms with van der Waals surface area (Å²) >= 11 is 0. The fourth-order valence-electron chi connectivity index (χ4n) is 1.45. The van der Waals surface area contributed by atoms with Crippen LogP contribution in [0.25, 0.3) is 0 Å². The summed E-state index contributed by atoms with van der Waals surface area (Å²) in [5.74, 6) is -0.692. The van der Waals surface area contributed by atoms with Crippen molar-refractivity contribution in [2.45, 2.75) is 12.2 Å². The highest BCUT2D eigenvalue weighted by molar-refractivity contribution is 5.94. The standard InChI is InChI=1S/C12H14F3NO3/c1-19-7-10(6-17)16-11(18)8-3-2-4-9(5-8)12(13,14)15/h2-5,10,17H,6-7H2,1H3,(H,16,18). The van der Waals surface area contributed by atoms with Gasteiger partial charge in [0.05, 0.1) is 24.8 Å². The number of benzene rings is 1. The lowest BCUT2D eigenvalue weighted by Gasteiger charge is -2.15. The van der Waals surface area contributed by atoms with E-state index in [2.05, 4.69) is 5.32 Å². The number of carbonyl (C=O) groups excluding carboxylic acids is 1. The predicted octanol–water partition coefficient (Wildman–Crippen LogP) is 1.44. The molecule has 106 valence electrons. The highest BCUT2D eigenvalue weighted by atomic mass is 19.4. The average molecular weight is 277 g/mol. The molecule has 1 aromatic rings. The first-order chi connectivity index (χ1) is 8.88. The summed E-state index contributed by atoms with van der Waals surface area (Å²) in [6, 6.07) is 3.41. The molecule has 7 heteroatoms. The van der Waals surface area contributed by atoms with Crippen molar-refractivity contribution in [2.75, 3.05) is 20.3 Å². The highest BCUT2D eigenvalue weighted by Crippen LogP contribution is 2.29. The number of hydrogen-bond acceptors (Lipinski definition) is 3. The molecule has 0 saturated heterocycles. The molecule has 4 nitrogen and oxygen atoms in total. The number of rotatable bonds is 5. The molecule has 0 aliphatic heterocycles. The van der Waals surface area contributed by atoms with E-state index in [1.807, 2.05) is 0 Å². The van der Waals surface area contributed by atoms with Crippen molar-refractivity contribution in [3.63, 3.8) is 0 Å². The number of halogens is 3. The van der Waals surface area contributed by atoms with Crippen molar-refractivity contribution >= 4 is 5.91 Å². The topological polar surface area (TPSA) is 58.6 Å². The van der Waals surface area contributed by atoms with E-state index in [0.29, 0.717) is 0 Å². The molecule has 2 N–H and O–H groups in total. The van der Waals surface area contributed by atoms with Gasteiger partial charge in [0, 0.05) is 12.7 Å². The van der Waals surface area contributed by atoms with E-state index < -0.39 is 23.7 Å². The maximum Gasteiger partial charge on any atom is 0.416 e. The van der Waals surface area contributed by atoms with Crippen LogP contribution in [0.3, 0.4) is 0 Å². The summed E-state index contributed by atoms with van der Waals surface area (Å²) in [6.07, 6.45) is -4.50. The highest BCUT2D eigenvalue weighted by Gasteiger charge is 2.31. The molecular weight excluding hydrogens is 263 g/mol. The molecule has 0 aliphatic rings. The van der Waals surface area contributed by atoms with Gasteiger partial charge in [0.2, 0.25) is 0 Å². The number of methoxy groups -OCH3 is 1. The van der Waals surface area contributed by atoms with E-state index in [9.17, 15) is 18.0 Å². The molecule has 1 unspecified atom stereocenters. The Kier molecular flexibility index (Phi) is 5.31. The monoisotopic (exact) mass is 277 g/mol. The maximum atomic E-state index is 12.5. The van der Waals surface area contributed by atoms with Crippen LogP contribution in [0, 0.1) is 0 Å². The summed E-state index contributed by atoms with van der Waals surface area (Å²) in [5, 5.41) is 11.3. The lowest BCUT2D eigenvalue weighted by Crippen LogP contribution is -2.40. The fourth-order valence-corrected chi connectivity index (χ4v) is 1.45. The molecule has 1 amide bonds. The minimum absolute atomic E-state index is 0.0706. The van der Waals surface area contributed by atoms with Crippen LogP contribution < -0.4 is 5.32 Å². The number of aliphatic hydroxyl groups is 1. The molecule has 19 heavy (non-hydrogen) atoms. The second-order valence-corrected chi connectivity index (χ2v) is 3.89. The van der Waals surface area contributed by atoms with Gasteiger partial charge in [-0.15, -0.1) is 0 Å². The molecule has 0 aromatic heterocycles. The normalized spacial score (nSPS) is 13.1. The molecule has 0 bridgehead atoms. The second kappa shape index (κ2) is 6.53. The molecular formula is C12H14F3NO3. The SMILES string of the molecule is COCC(CO)NC(=O)c1cccc(C(F)(F)F)c1. The number of carbonyl (C=O) groups is 1. The van der Waals surface area contributed by atoms with E-state index in [4.69, 9.17) is 9.84 Å². The summed E-state index contributed by atoms with van der Waals surface area (Å²) in [7, 11) is 1.39. The summed E-state index contributed by atoms with van der Waals surface area (Å²) in [6.45, 7) is -0.292. The average Bonchev–Trinajstić information content (AvgIpc) is 2.37. The first-order valence-corrected chi connectivity index (χ1v) is 5.46. The zero-order chi connectivity index (χ0) is 14.5. The van der Waals surface area contributed by atoms with E-state index in [1.54, 1.807) is 0 Å². The van der Waals surface area contributed by atoms with Crippen molar-refractivity contribution < 1.29 is 27.8 Å². The van der Waals surface area contributed by atoms with Gasteiger partial charge in [-0.3, -0.25) is 4.79 Å².